The average Bonchev–Trinajstić information content (AvgIpc) is 3.08. The van der Waals surface area contributed by atoms with Crippen LogP contribution in [0, 0.1) is 5.82 Å². The number of halogens is 1. The van der Waals surface area contributed by atoms with Crippen LogP contribution in [0.2, 0.25) is 0 Å². The molecule has 2 fully saturated rings. The third-order valence-electron chi connectivity index (χ3n) is 4.64. The molecule has 1 saturated heterocycles. The Kier molecular flexibility index (Phi) is 4.79. The van der Waals surface area contributed by atoms with E-state index in [2.05, 4.69) is 10.2 Å². The van der Waals surface area contributed by atoms with E-state index in [9.17, 15) is 14.0 Å². The zero-order valence-corrected chi connectivity index (χ0v) is 13.1. The second kappa shape index (κ2) is 6.98. The molecule has 0 atom stereocenters. The van der Waals surface area contributed by atoms with Crippen molar-refractivity contribution in [1.82, 2.24) is 10.2 Å². The summed E-state index contributed by atoms with van der Waals surface area (Å²) >= 11 is 0. The van der Waals surface area contributed by atoms with Gasteiger partial charge in [-0.25, -0.2) is 4.39 Å². The van der Waals surface area contributed by atoms with Crippen LogP contribution in [0.1, 0.15) is 25.7 Å². The Morgan fingerprint density at radius 1 is 1.00 bits per heavy atom. The van der Waals surface area contributed by atoms with Crippen molar-refractivity contribution in [1.29, 1.82) is 0 Å². The highest BCUT2D eigenvalue weighted by atomic mass is 19.1. The third kappa shape index (κ3) is 3.81. The number of nitrogens with zero attached hydrogens (tertiary/aromatic N) is 2. The highest BCUT2D eigenvalue weighted by Gasteiger charge is 2.28. The molecule has 1 heterocycles. The number of rotatable bonds is 2. The minimum atomic E-state index is -0.480. The van der Waals surface area contributed by atoms with Crippen molar-refractivity contribution < 1.29 is 14.0 Å². The third-order valence-corrected chi connectivity index (χ3v) is 4.64. The van der Waals surface area contributed by atoms with Crippen molar-refractivity contribution in [3.63, 3.8) is 0 Å². The molecule has 1 N–H and O–H groups in total. The molecule has 124 valence electrons. The second-order valence-electron chi connectivity index (χ2n) is 6.21. The largest absolute Gasteiger partial charge is 0.368 e. The molecule has 0 unspecified atom stereocenters. The SMILES string of the molecule is O=C(NC1CCCC1)C(=O)N1CCN(c2ccc(F)cc2)CC1. The molecule has 0 radical (unpaired) electrons. The lowest BCUT2D eigenvalue weighted by Crippen LogP contribution is -2.53. The van der Waals surface area contributed by atoms with Crippen LogP contribution in [-0.2, 0) is 9.59 Å². The van der Waals surface area contributed by atoms with Crippen LogP contribution < -0.4 is 10.2 Å². The fraction of sp³-hybridized carbons (Fsp3) is 0.529. The lowest BCUT2D eigenvalue weighted by atomic mass is 10.2. The van der Waals surface area contributed by atoms with Gasteiger partial charge >= 0.3 is 11.8 Å². The quantitative estimate of drug-likeness (QED) is 0.841. The van der Waals surface area contributed by atoms with Gasteiger partial charge in [0.15, 0.2) is 0 Å². The van der Waals surface area contributed by atoms with E-state index in [1.165, 1.54) is 12.1 Å². The first-order valence-corrected chi connectivity index (χ1v) is 8.24. The molecule has 3 rings (SSSR count). The Hall–Kier alpha value is -2.11. The van der Waals surface area contributed by atoms with Crippen molar-refractivity contribution in [2.24, 2.45) is 0 Å². The smallest absolute Gasteiger partial charge is 0.312 e. The van der Waals surface area contributed by atoms with E-state index in [4.69, 9.17) is 0 Å². The van der Waals surface area contributed by atoms with E-state index in [-0.39, 0.29) is 11.9 Å². The fourth-order valence-corrected chi connectivity index (χ4v) is 3.28. The van der Waals surface area contributed by atoms with Gasteiger partial charge in [-0.3, -0.25) is 9.59 Å². The highest BCUT2D eigenvalue weighted by molar-refractivity contribution is 6.35. The standard InChI is InChI=1S/C17H22FN3O2/c18-13-5-7-15(8-6-13)20-9-11-21(12-10-20)17(23)16(22)19-14-3-1-2-4-14/h5-8,14H,1-4,9-12H2,(H,19,22). The Balaban J connectivity index is 1.50. The van der Waals surface area contributed by atoms with Crippen LogP contribution in [0.5, 0.6) is 0 Å². The minimum absolute atomic E-state index is 0.159. The van der Waals surface area contributed by atoms with Crippen LogP contribution in [0.25, 0.3) is 0 Å². The van der Waals surface area contributed by atoms with E-state index in [0.29, 0.717) is 26.2 Å². The summed E-state index contributed by atoms with van der Waals surface area (Å²) in [7, 11) is 0. The topological polar surface area (TPSA) is 52.7 Å². The maximum atomic E-state index is 13.0. The number of nitrogens with one attached hydrogen (secondary N) is 1. The van der Waals surface area contributed by atoms with Crippen LogP contribution in [0.4, 0.5) is 10.1 Å². The van der Waals surface area contributed by atoms with Crippen molar-refractivity contribution in [3.8, 4) is 0 Å². The van der Waals surface area contributed by atoms with E-state index >= 15 is 0 Å². The lowest BCUT2D eigenvalue weighted by molar-refractivity contribution is -0.146. The van der Waals surface area contributed by atoms with E-state index in [1.54, 1.807) is 17.0 Å². The molecule has 0 aromatic heterocycles. The summed E-state index contributed by atoms with van der Waals surface area (Å²) in [5.74, 6) is -1.17. The number of hydrogen-bond donors (Lipinski definition) is 1. The van der Waals surface area contributed by atoms with Crippen molar-refractivity contribution in [2.45, 2.75) is 31.7 Å². The molecule has 1 saturated carbocycles. The number of benzene rings is 1. The molecule has 6 heteroatoms. The molecular formula is C17H22FN3O2. The molecule has 2 aliphatic rings. The van der Waals surface area contributed by atoms with Gasteiger partial charge in [-0.05, 0) is 37.1 Å². The predicted molar refractivity (Wildman–Crippen MR) is 85.6 cm³/mol. The van der Waals surface area contributed by atoms with Gasteiger partial charge in [0.25, 0.3) is 0 Å². The number of piperazine rings is 1. The first-order valence-electron chi connectivity index (χ1n) is 8.24. The van der Waals surface area contributed by atoms with E-state index in [1.807, 2.05) is 0 Å². The second-order valence-corrected chi connectivity index (χ2v) is 6.21. The Morgan fingerprint density at radius 2 is 1.61 bits per heavy atom. The number of hydrogen-bond acceptors (Lipinski definition) is 3. The zero-order chi connectivity index (χ0) is 16.2. The molecule has 5 nitrogen and oxygen atoms in total. The summed E-state index contributed by atoms with van der Waals surface area (Å²) in [6.07, 6.45) is 4.18. The van der Waals surface area contributed by atoms with Gasteiger partial charge in [-0.1, -0.05) is 12.8 Å². The summed E-state index contributed by atoms with van der Waals surface area (Å²) in [6.45, 7) is 2.31. The maximum absolute atomic E-state index is 13.0. The van der Waals surface area contributed by atoms with Gasteiger partial charge in [0.05, 0.1) is 0 Å². The predicted octanol–water partition coefficient (Wildman–Crippen LogP) is 1.53. The summed E-state index contributed by atoms with van der Waals surface area (Å²) in [5, 5.41) is 2.84. The van der Waals surface area contributed by atoms with E-state index < -0.39 is 11.8 Å². The van der Waals surface area contributed by atoms with Gasteiger partial charge < -0.3 is 15.1 Å². The highest BCUT2D eigenvalue weighted by Crippen LogP contribution is 2.18. The van der Waals surface area contributed by atoms with Gasteiger partial charge in [-0.2, -0.15) is 0 Å². The Labute approximate surface area is 135 Å². The number of carbonyl (C=O) groups is 2. The van der Waals surface area contributed by atoms with Crippen LogP contribution in [-0.4, -0.2) is 48.9 Å². The van der Waals surface area contributed by atoms with Crippen LogP contribution >= 0.6 is 0 Å². The van der Waals surface area contributed by atoms with Crippen molar-refractivity contribution in [3.05, 3.63) is 30.1 Å². The summed E-state index contributed by atoms with van der Waals surface area (Å²) < 4.78 is 13.0. The van der Waals surface area contributed by atoms with Crippen LogP contribution in [0.15, 0.2) is 24.3 Å². The Bertz CT molecular complexity index is 562. The molecule has 1 aliphatic heterocycles. The Morgan fingerprint density at radius 3 is 2.22 bits per heavy atom. The summed E-state index contributed by atoms with van der Waals surface area (Å²) in [6, 6.07) is 6.50. The first-order chi connectivity index (χ1) is 11.1. The monoisotopic (exact) mass is 319 g/mol. The normalized spacial score (nSPS) is 19.0. The summed E-state index contributed by atoms with van der Waals surface area (Å²) in [4.78, 5) is 27.9. The first kappa shape index (κ1) is 15.8. The maximum Gasteiger partial charge on any atom is 0.312 e. The fourth-order valence-electron chi connectivity index (χ4n) is 3.28. The molecule has 1 aliphatic carbocycles. The zero-order valence-electron chi connectivity index (χ0n) is 13.1. The molecule has 1 aromatic carbocycles. The minimum Gasteiger partial charge on any atom is -0.368 e. The van der Waals surface area contributed by atoms with Gasteiger partial charge in [0.2, 0.25) is 0 Å². The lowest BCUT2D eigenvalue weighted by Gasteiger charge is -2.35. The van der Waals surface area contributed by atoms with Crippen molar-refractivity contribution >= 4 is 17.5 Å². The molecule has 1 aromatic rings. The molecule has 0 spiro atoms. The molecule has 0 bridgehead atoms. The van der Waals surface area contributed by atoms with Gasteiger partial charge in [0, 0.05) is 37.9 Å². The number of anilines is 1. The molecular weight excluding hydrogens is 297 g/mol. The van der Waals surface area contributed by atoms with Gasteiger partial charge in [0.1, 0.15) is 5.82 Å². The van der Waals surface area contributed by atoms with Gasteiger partial charge in [-0.15, -0.1) is 0 Å². The summed E-state index contributed by atoms with van der Waals surface area (Å²) in [5.41, 5.74) is 0.939. The van der Waals surface area contributed by atoms with Crippen molar-refractivity contribution in [2.75, 3.05) is 31.1 Å². The number of amides is 2. The van der Waals surface area contributed by atoms with E-state index in [0.717, 1.165) is 31.4 Å². The molecule has 2 amide bonds. The average molecular weight is 319 g/mol. The number of carbonyl (C=O) groups excluding carboxylic acids is 2. The van der Waals surface area contributed by atoms with Crippen LogP contribution in [0.3, 0.4) is 0 Å². The molecule has 23 heavy (non-hydrogen) atoms.